The van der Waals surface area contributed by atoms with Gasteiger partial charge in [0.1, 0.15) is 0 Å². The molecule has 0 saturated heterocycles. The van der Waals surface area contributed by atoms with E-state index in [1.807, 2.05) is 0 Å². The Labute approximate surface area is 69.6 Å². The molecule has 0 radical (unpaired) electrons. The van der Waals surface area contributed by atoms with Crippen LogP contribution in [0.2, 0.25) is 0 Å². The van der Waals surface area contributed by atoms with Crippen LogP contribution in [0.15, 0.2) is 18.3 Å². The van der Waals surface area contributed by atoms with Gasteiger partial charge in [-0.1, -0.05) is 0 Å². The summed E-state index contributed by atoms with van der Waals surface area (Å²) in [5, 5.41) is 6.73. The van der Waals surface area contributed by atoms with Gasteiger partial charge in [-0.15, -0.1) is 0 Å². The van der Waals surface area contributed by atoms with E-state index in [-0.39, 0.29) is 0 Å². The molecule has 0 aliphatic rings. The fourth-order valence-electron chi connectivity index (χ4n) is 0.802. The molecule has 0 aromatic carbocycles. The minimum atomic E-state index is -0.458. The molecule has 1 aromatic rings. The molecule has 0 spiro atoms. The Bertz CT molecular complexity index is 325. The molecule has 0 aliphatic heterocycles. The highest BCUT2D eigenvalue weighted by molar-refractivity contribution is 5.93. The second-order valence-electron chi connectivity index (χ2n) is 2.23. The van der Waals surface area contributed by atoms with Crippen molar-refractivity contribution in [1.82, 2.24) is 4.98 Å². The summed E-state index contributed by atoms with van der Waals surface area (Å²) in [5.41, 5.74) is 6.23. The van der Waals surface area contributed by atoms with Gasteiger partial charge in [-0.25, -0.2) is 0 Å². The molecule has 4 N–H and O–H groups in total. The van der Waals surface area contributed by atoms with E-state index >= 15 is 0 Å². The Morgan fingerprint density at radius 2 is 2.42 bits per heavy atom. The maximum atomic E-state index is 10.6. The molecule has 0 unspecified atom stereocenters. The minimum absolute atomic E-state index is 0.444. The van der Waals surface area contributed by atoms with Crippen molar-refractivity contribution in [2.45, 2.75) is 0 Å². The molecule has 12 heavy (non-hydrogen) atoms. The van der Waals surface area contributed by atoms with Gasteiger partial charge < -0.3 is 16.1 Å². The fourth-order valence-corrected chi connectivity index (χ4v) is 0.802. The van der Waals surface area contributed by atoms with Gasteiger partial charge in [-0.2, -0.15) is 0 Å². The molecule has 0 aliphatic carbocycles. The highest BCUT2D eigenvalue weighted by atomic mass is 16.1. The van der Waals surface area contributed by atoms with E-state index in [9.17, 15) is 4.79 Å². The number of aromatic nitrogens is 1. The SMILES string of the molecule is N=C/C=C\c1cc(C(N)=O)c[nH]1. The maximum absolute atomic E-state index is 10.6. The quantitative estimate of drug-likeness (QED) is 0.565. The lowest BCUT2D eigenvalue weighted by Crippen LogP contribution is -2.09. The third-order valence-electron chi connectivity index (χ3n) is 1.36. The lowest BCUT2D eigenvalue weighted by atomic mass is 10.3. The van der Waals surface area contributed by atoms with Crippen molar-refractivity contribution in [3.63, 3.8) is 0 Å². The average Bonchev–Trinajstić information content (AvgIpc) is 2.48. The zero-order valence-electron chi connectivity index (χ0n) is 6.37. The molecule has 0 saturated carbocycles. The number of allylic oxidation sites excluding steroid dienone is 1. The third kappa shape index (κ3) is 1.82. The average molecular weight is 163 g/mol. The molecule has 4 nitrogen and oxygen atoms in total. The van der Waals surface area contributed by atoms with Gasteiger partial charge >= 0.3 is 0 Å². The molecule has 1 heterocycles. The molecular formula is C8H9N3O. The van der Waals surface area contributed by atoms with E-state index in [2.05, 4.69) is 4.98 Å². The maximum Gasteiger partial charge on any atom is 0.250 e. The lowest BCUT2D eigenvalue weighted by Gasteiger charge is -1.82. The van der Waals surface area contributed by atoms with E-state index in [1.54, 1.807) is 18.2 Å². The third-order valence-corrected chi connectivity index (χ3v) is 1.36. The predicted octanol–water partition coefficient (Wildman–Crippen LogP) is 0.776. The Balaban J connectivity index is 2.84. The Morgan fingerprint density at radius 3 is 2.92 bits per heavy atom. The van der Waals surface area contributed by atoms with Gasteiger partial charge in [0, 0.05) is 18.1 Å². The number of amides is 1. The van der Waals surface area contributed by atoms with E-state index in [0.717, 1.165) is 11.9 Å². The first-order valence-electron chi connectivity index (χ1n) is 3.39. The first-order valence-corrected chi connectivity index (χ1v) is 3.39. The van der Waals surface area contributed by atoms with Crippen molar-refractivity contribution in [2.24, 2.45) is 5.73 Å². The summed E-state index contributed by atoms with van der Waals surface area (Å²) in [4.78, 5) is 13.5. The molecule has 1 rings (SSSR count). The molecule has 0 bridgehead atoms. The van der Waals surface area contributed by atoms with E-state index < -0.39 is 5.91 Å². The minimum Gasteiger partial charge on any atom is -0.366 e. The van der Waals surface area contributed by atoms with Crippen molar-refractivity contribution >= 4 is 18.2 Å². The Hall–Kier alpha value is -1.84. The zero-order valence-corrected chi connectivity index (χ0v) is 6.37. The van der Waals surface area contributed by atoms with Gasteiger partial charge in [0.2, 0.25) is 5.91 Å². The van der Waals surface area contributed by atoms with Crippen LogP contribution in [0.1, 0.15) is 16.1 Å². The van der Waals surface area contributed by atoms with Crippen molar-refractivity contribution < 1.29 is 4.79 Å². The number of hydrogen-bond acceptors (Lipinski definition) is 2. The van der Waals surface area contributed by atoms with E-state index in [1.165, 1.54) is 6.20 Å². The van der Waals surface area contributed by atoms with Gasteiger partial charge in [-0.05, 0) is 18.2 Å². The number of hydrogen-bond donors (Lipinski definition) is 3. The summed E-state index contributed by atoms with van der Waals surface area (Å²) in [5.74, 6) is -0.458. The van der Waals surface area contributed by atoms with Crippen LogP contribution in [0.4, 0.5) is 0 Å². The Morgan fingerprint density at radius 1 is 1.67 bits per heavy atom. The molecule has 1 aromatic heterocycles. The van der Waals surface area contributed by atoms with Crippen LogP contribution in [0, 0.1) is 5.41 Å². The molecule has 1 amide bonds. The van der Waals surface area contributed by atoms with Crippen LogP contribution in [0.3, 0.4) is 0 Å². The van der Waals surface area contributed by atoms with Crippen molar-refractivity contribution in [2.75, 3.05) is 0 Å². The van der Waals surface area contributed by atoms with Crippen molar-refractivity contribution in [3.8, 4) is 0 Å². The number of nitrogens with two attached hydrogens (primary N) is 1. The molecule has 0 atom stereocenters. The van der Waals surface area contributed by atoms with Gasteiger partial charge in [0.25, 0.3) is 0 Å². The van der Waals surface area contributed by atoms with E-state index in [4.69, 9.17) is 11.1 Å². The number of carbonyl (C=O) groups is 1. The molecular weight excluding hydrogens is 154 g/mol. The normalized spacial score (nSPS) is 10.3. The molecule has 62 valence electrons. The van der Waals surface area contributed by atoms with Crippen LogP contribution >= 0.6 is 0 Å². The molecule has 0 fully saturated rings. The largest absolute Gasteiger partial charge is 0.366 e. The summed E-state index contributed by atoms with van der Waals surface area (Å²) >= 11 is 0. The summed E-state index contributed by atoms with van der Waals surface area (Å²) in [6, 6.07) is 1.63. The smallest absolute Gasteiger partial charge is 0.250 e. The predicted molar refractivity (Wildman–Crippen MR) is 47.1 cm³/mol. The zero-order chi connectivity index (χ0) is 8.97. The van der Waals surface area contributed by atoms with Crippen LogP contribution < -0.4 is 5.73 Å². The van der Waals surface area contributed by atoms with Gasteiger partial charge in [0.15, 0.2) is 0 Å². The monoisotopic (exact) mass is 163 g/mol. The van der Waals surface area contributed by atoms with Crippen LogP contribution in [0.25, 0.3) is 6.08 Å². The number of nitrogens with one attached hydrogen (secondary N) is 2. The summed E-state index contributed by atoms with van der Waals surface area (Å²) < 4.78 is 0. The number of carbonyl (C=O) groups excluding carboxylic acids is 1. The Kier molecular flexibility index (Phi) is 2.42. The van der Waals surface area contributed by atoms with Gasteiger partial charge in [-0.3, -0.25) is 4.79 Å². The fraction of sp³-hybridized carbons (Fsp3) is 0. The van der Waals surface area contributed by atoms with Crippen LogP contribution in [-0.2, 0) is 0 Å². The van der Waals surface area contributed by atoms with Crippen molar-refractivity contribution in [3.05, 3.63) is 29.6 Å². The first-order chi connectivity index (χ1) is 5.74. The second kappa shape index (κ2) is 3.52. The highest BCUT2D eigenvalue weighted by Crippen LogP contribution is 2.03. The standard InChI is InChI=1S/C8H9N3O/c9-3-1-2-7-4-6(5-11-7)8(10)12/h1-5,9,11H,(H2,10,12)/b2-1-,9-3?. The van der Waals surface area contributed by atoms with Crippen LogP contribution in [-0.4, -0.2) is 17.1 Å². The lowest BCUT2D eigenvalue weighted by molar-refractivity contribution is 0.100. The number of rotatable bonds is 3. The molecule has 4 heteroatoms. The summed E-state index contributed by atoms with van der Waals surface area (Å²) in [6.07, 6.45) is 5.92. The summed E-state index contributed by atoms with van der Waals surface area (Å²) in [6.45, 7) is 0. The van der Waals surface area contributed by atoms with E-state index in [0.29, 0.717) is 5.56 Å². The topological polar surface area (TPSA) is 82.7 Å². The second-order valence-corrected chi connectivity index (χ2v) is 2.23. The van der Waals surface area contributed by atoms with Gasteiger partial charge in [0.05, 0.1) is 5.56 Å². The highest BCUT2D eigenvalue weighted by Gasteiger charge is 2.00. The number of H-pyrrole nitrogens is 1. The number of primary amides is 1. The first kappa shape index (κ1) is 8.26. The number of aromatic amines is 1. The van der Waals surface area contributed by atoms with Crippen molar-refractivity contribution in [1.29, 1.82) is 5.41 Å². The summed E-state index contributed by atoms with van der Waals surface area (Å²) in [7, 11) is 0. The van der Waals surface area contributed by atoms with Crippen LogP contribution in [0.5, 0.6) is 0 Å².